The molecule has 2 aliphatic rings. The minimum atomic E-state index is 0.749. The molecule has 2 saturated heterocycles. The molecule has 0 saturated carbocycles. The zero-order valence-electron chi connectivity index (χ0n) is 13.4. The van der Waals surface area contributed by atoms with Gasteiger partial charge in [0, 0.05) is 31.2 Å². The summed E-state index contributed by atoms with van der Waals surface area (Å²) in [6.07, 6.45) is 5.28. The molecule has 0 aromatic rings. The van der Waals surface area contributed by atoms with Gasteiger partial charge < -0.3 is 10.2 Å². The second-order valence-corrected chi connectivity index (χ2v) is 6.86. The summed E-state index contributed by atoms with van der Waals surface area (Å²) < 4.78 is 0. The van der Waals surface area contributed by atoms with Crippen molar-refractivity contribution in [1.29, 1.82) is 0 Å². The summed E-state index contributed by atoms with van der Waals surface area (Å²) in [6, 6.07) is 2.32. The second-order valence-electron chi connectivity index (χ2n) is 6.86. The second kappa shape index (κ2) is 7.05. The van der Waals surface area contributed by atoms with Gasteiger partial charge >= 0.3 is 0 Å². The number of hydrogen-bond acceptors (Lipinski definition) is 3. The van der Waals surface area contributed by atoms with Crippen molar-refractivity contribution in [2.75, 3.05) is 33.2 Å². The van der Waals surface area contributed by atoms with Gasteiger partial charge in [-0.3, -0.25) is 4.90 Å². The Balaban J connectivity index is 1.85. The molecule has 2 rings (SSSR count). The van der Waals surface area contributed by atoms with Crippen LogP contribution in [0, 0.1) is 5.92 Å². The highest BCUT2D eigenvalue weighted by atomic mass is 15.2. The third-order valence-corrected chi connectivity index (χ3v) is 5.10. The summed E-state index contributed by atoms with van der Waals surface area (Å²) >= 11 is 0. The average molecular weight is 267 g/mol. The molecule has 1 N–H and O–H groups in total. The van der Waals surface area contributed by atoms with Gasteiger partial charge in [-0.05, 0) is 58.7 Å². The molecule has 0 aromatic carbocycles. The smallest absolute Gasteiger partial charge is 0.0148 e. The van der Waals surface area contributed by atoms with Crippen molar-refractivity contribution >= 4 is 0 Å². The van der Waals surface area contributed by atoms with Gasteiger partial charge in [0.2, 0.25) is 0 Å². The zero-order chi connectivity index (χ0) is 13.8. The number of nitrogens with one attached hydrogen (secondary N) is 1. The quantitative estimate of drug-likeness (QED) is 0.842. The van der Waals surface area contributed by atoms with Crippen LogP contribution >= 0.6 is 0 Å². The van der Waals surface area contributed by atoms with Crippen molar-refractivity contribution in [2.24, 2.45) is 5.92 Å². The van der Waals surface area contributed by atoms with Crippen LogP contribution < -0.4 is 5.32 Å². The average Bonchev–Trinajstić information content (AvgIpc) is 2.37. The minimum Gasteiger partial charge on any atom is -0.314 e. The molecule has 2 fully saturated rings. The first-order chi connectivity index (χ1) is 9.11. The van der Waals surface area contributed by atoms with E-state index in [2.05, 4.69) is 42.9 Å². The molecule has 0 amide bonds. The molecule has 0 bridgehead atoms. The highest BCUT2D eigenvalue weighted by Crippen LogP contribution is 2.28. The summed E-state index contributed by atoms with van der Waals surface area (Å²) in [4.78, 5) is 5.29. The number of hydrogen-bond donors (Lipinski definition) is 1. The standard InChI is InChI=1S/C16H33N3/c1-5-8-17-15-6-10-19(14(3)11-15)16-7-9-18(4)12-13(16)2/h13-17H,5-12H2,1-4H3. The van der Waals surface area contributed by atoms with Crippen molar-refractivity contribution in [3.63, 3.8) is 0 Å². The van der Waals surface area contributed by atoms with E-state index in [-0.39, 0.29) is 0 Å². The Morgan fingerprint density at radius 3 is 2.58 bits per heavy atom. The van der Waals surface area contributed by atoms with E-state index in [4.69, 9.17) is 0 Å². The first kappa shape index (κ1) is 15.3. The molecule has 2 aliphatic heterocycles. The lowest BCUT2D eigenvalue weighted by atomic mass is 9.88. The summed E-state index contributed by atoms with van der Waals surface area (Å²) in [5.41, 5.74) is 0. The Kier molecular flexibility index (Phi) is 5.67. The molecule has 0 spiro atoms. The van der Waals surface area contributed by atoms with E-state index < -0.39 is 0 Å². The lowest BCUT2D eigenvalue weighted by Gasteiger charge is -2.48. The molecule has 4 unspecified atom stereocenters. The normalized spacial score (nSPS) is 38.5. The van der Waals surface area contributed by atoms with Gasteiger partial charge in [0.25, 0.3) is 0 Å². The fourth-order valence-corrected chi connectivity index (χ4v) is 4.05. The number of piperidine rings is 2. The van der Waals surface area contributed by atoms with Crippen LogP contribution in [0.3, 0.4) is 0 Å². The maximum atomic E-state index is 3.71. The molecule has 4 atom stereocenters. The minimum absolute atomic E-state index is 0.749. The van der Waals surface area contributed by atoms with Gasteiger partial charge in [-0.2, -0.15) is 0 Å². The molecule has 19 heavy (non-hydrogen) atoms. The van der Waals surface area contributed by atoms with Crippen LogP contribution in [0.4, 0.5) is 0 Å². The molecule has 3 nitrogen and oxygen atoms in total. The van der Waals surface area contributed by atoms with Crippen LogP contribution in [-0.4, -0.2) is 61.2 Å². The molecular weight excluding hydrogens is 234 g/mol. The third-order valence-electron chi connectivity index (χ3n) is 5.10. The van der Waals surface area contributed by atoms with Crippen LogP contribution in [0.1, 0.15) is 46.5 Å². The first-order valence-corrected chi connectivity index (χ1v) is 8.29. The highest BCUT2D eigenvalue weighted by Gasteiger charge is 2.34. The zero-order valence-corrected chi connectivity index (χ0v) is 13.4. The fourth-order valence-electron chi connectivity index (χ4n) is 4.05. The van der Waals surface area contributed by atoms with Gasteiger partial charge in [0.05, 0.1) is 0 Å². The largest absolute Gasteiger partial charge is 0.314 e. The Morgan fingerprint density at radius 1 is 1.16 bits per heavy atom. The Bertz CT molecular complexity index is 269. The van der Waals surface area contributed by atoms with Crippen molar-refractivity contribution in [2.45, 2.75) is 64.6 Å². The monoisotopic (exact) mass is 267 g/mol. The Hall–Kier alpha value is -0.120. The lowest BCUT2D eigenvalue weighted by Crippen LogP contribution is -2.56. The molecular formula is C16H33N3. The molecule has 0 aromatic heterocycles. The van der Waals surface area contributed by atoms with Crippen molar-refractivity contribution < 1.29 is 0 Å². The lowest BCUT2D eigenvalue weighted by molar-refractivity contribution is 0.0221. The van der Waals surface area contributed by atoms with E-state index in [9.17, 15) is 0 Å². The van der Waals surface area contributed by atoms with E-state index in [1.165, 1.54) is 51.9 Å². The maximum absolute atomic E-state index is 3.71. The van der Waals surface area contributed by atoms with Crippen LogP contribution in [0.25, 0.3) is 0 Å². The number of nitrogens with zero attached hydrogens (tertiary/aromatic N) is 2. The third kappa shape index (κ3) is 3.93. The van der Waals surface area contributed by atoms with E-state index >= 15 is 0 Å². The number of rotatable bonds is 4. The van der Waals surface area contributed by atoms with E-state index in [1.807, 2.05) is 0 Å². The van der Waals surface area contributed by atoms with Gasteiger partial charge in [-0.1, -0.05) is 13.8 Å². The summed E-state index contributed by atoms with van der Waals surface area (Å²) in [7, 11) is 2.26. The van der Waals surface area contributed by atoms with Crippen molar-refractivity contribution in [3.05, 3.63) is 0 Å². The molecule has 112 valence electrons. The summed E-state index contributed by atoms with van der Waals surface area (Å²) in [6.45, 7) is 12.1. The topological polar surface area (TPSA) is 18.5 Å². The van der Waals surface area contributed by atoms with Crippen molar-refractivity contribution in [1.82, 2.24) is 15.1 Å². The van der Waals surface area contributed by atoms with Gasteiger partial charge in [0.15, 0.2) is 0 Å². The highest BCUT2D eigenvalue weighted by molar-refractivity contribution is 4.91. The van der Waals surface area contributed by atoms with Gasteiger partial charge in [0.1, 0.15) is 0 Å². The maximum Gasteiger partial charge on any atom is 0.0148 e. The molecule has 0 aliphatic carbocycles. The van der Waals surface area contributed by atoms with Crippen LogP contribution in [0.2, 0.25) is 0 Å². The Morgan fingerprint density at radius 2 is 1.95 bits per heavy atom. The van der Waals surface area contributed by atoms with Crippen molar-refractivity contribution in [3.8, 4) is 0 Å². The fraction of sp³-hybridized carbons (Fsp3) is 1.00. The van der Waals surface area contributed by atoms with Crippen LogP contribution in [-0.2, 0) is 0 Å². The SMILES string of the molecule is CCCNC1CCN(C2CCN(C)CC2C)C(C)C1. The van der Waals surface area contributed by atoms with E-state index in [0.717, 1.165) is 24.0 Å². The molecule has 3 heteroatoms. The predicted octanol–water partition coefficient (Wildman–Crippen LogP) is 2.18. The summed E-state index contributed by atoms with van der Waals surface area (Å²) in [5, 5.41) is 3.71. The van der Waals surface area contributed by atoms with Gasteiger partial charge in [-0.15, -0.1) is 0 Å². The Labute approximate surface area is 119 Å². The predicted molar refractivity (Wildman–Crippen MR) is 82.5 cm³/mol. The summed E-state index contributed by atoms with van der Waals surface area (Å²) in [5.74, 6) is 0.821. The first-order valence-electron chi connectivity index (χ1n) is 8.29. The van der Waals surface area contributed by atoms with Gasteiger partial charge in [-0.25, -0.2) is 0 Å². The number of likely N-dealkylation sites (tertiary alicyclic amines) is 2. The van der Waals surface area contributed by atoms with Crippen LogP contribution in [0.5, 0.6) is 0 Å². The molecule has 2 heterocycles. The van der Waals surface area contributed by atoms with E-state index in [0.29, 0.717) is 0 Å². The molecule has 0 radical (unpaired) electrons. The van der Waals surface area contributed by atoms with E-state index in [1.54, 1.807) is 0 Å². The van der Waals surface area contributed by atoms with Crippen LogP contribution in [0.15, 0.2) is 0 Å².